The van der Waals surface area contributed by atoms with Crippen molar-refractivity contribution in [3.8, 4) is 11.3 Å². The van der Waals surface area contributed by atoms with E-state index < -0.39 is 9.84 Å². The molecule has 1 amide bonds. The van der Waals surface area contributed by atoms with Gasteiger partial charge < -0.3 is 0 Å². The van der Waals surface area contributed by atoms with Gasteiger partial charge in [0.2, 0.25) is 0 Å². The zero-order valence-electron chi connectivity index (χ0n) is 17.8. The maximum Gasteiger partial charge on any atom is 0.260 e. The molecule has 1 heterocycles. The second kappa shape index (κ2) is 9.64. The van der Waals surface area contributed by atoms with Gasteiger partial charge in [-0.25, -0.2) is 17.8 Å². The number of rotatable bonds is 7. The van der Waals surface area contributed by atoms with Crippen molar-refractivity contribution in [2.45, 2.75) is 12.3 Å². The molecule has 5 nitrogen and oxygen atoms in total. The summed E-state index contributed by atoms with van der Waals surface area (Å²) in [6.45, 7) is 0.321. The second-order valence-electron chi connectivity index (χ2n) is 7.67. The van der Waals surface area contributed by atoms with Gasteiger partial charge in [-0.05, 0) is 47.5 Å². The molecule has 0 radical (unpaired) electrons. The Morgan fingerprint density at radius 2 is 1.61 bits per heavy atom. The lowest BCUT2D eigenvalue weighted by Gasteiger charge is -2.20. The van der Waals surface area contributed by atoms with Crippen molar-refractivity contribution < 1.29 is 17.6 Å². The van der Waals surface area contributed by atoms with Gasteiger partial charge >= 0.3 is 0 Å². The number of sulfone groups is 1. The number of thiazole rings is 1. The first-order valence-corrected chi connectivity index (χ1v) is 13.1. The van der Waals surface area contributed by atoms with Gasteiger partial charge in [0.1, 0.15) is 5.82 Å². The van der Waals surface area contributed by atoms with Crippen LogP contribution in [0.15, 0.2) is 84.2 Å². The molecule has 0 spiro atoms. The van der Waals surface area contributed by atoms with Crippen molar-refractivity contribution in [1.82, 2.24) is 4.98 Å². The number of anilines is 1. The van der Waals surface area contributed by atoms with Crippen LogP contribution in [0.2, 0.25) is 0 Å². The Bertz CT molecular complexity index is 1350. The number of nitrogens with zero attached hydrogens (tertiary/aromatic N) is 2. The summed E-state index contributed by atoms with van der Waals surface area (Å²) in [7, 11) is -3.16. The normalized spacial score (nSPS) is 11.3. The lowest BCUT2D eigenvalue weighted by Crippen LogP contribution is -2.30. The predicted octanol–water partition coefficient (Wildman–Crippen LogP) is 5.34. The Morgan fingerprint density at radius 3 is 2.24 bits per heavy atom. The molecule has 0 aliphatic carbocycles. The molecule has 0 aliphatic rings. The van der Waals surface area contributed by atoms with Gasteiger partial charge in [0, 0.05) is 22.8 Å². The van der Waals surface area contributed by atoms with Crippen LogP contribution in [0.1, 0.15) is 21.5 Å². The molecular weight excluding hydrogens is 459 g/mol. The van der Waals surface area contributed by atoms with Gasteiger partial charge in [0.25, 0.3) is 5.91 Å². The summed E-state index contributed by atoms with van der Waals surface area (Å²) in [6.07, 6.45) is 1.18. The molecule has 4 aromatic rings. The average molecular weight is 481 g/mol. The summed E-state index contributed by atoms with van der Waals surface area (Å²) in [5.74, 6) is -0.651. The zero-order valence-corrected chi connectivity index (χ0v) is 19.4. The van der Waals surface area contributed by atoms with Gasteiger partial charge in [0.15, 0.2) is 15.0 Å². The first kappa shape index (κ1) is 22.8. The Kier molecular flexibility index (Phi) is 6.67. The van der Waals surface area contributed by atoms with Crippen LogP contribution in [0.5, 0.6) is 0 Å². The van der Waals surface area contributed by atoms with Crippen LogP contribution >= 0.6 is 11.3 Å². The SMILES string of the molecule is CS(=O)(=O)Cc1ccc(C(=O)N(Cc2ccccc2)c2nc(-c3ccc(F)cc3)cs2)cc1. The minimum atomic E-state index is -3.16. The summed E-state index contributed by atoms with van der Waals surface area (Å²) >= 11 is 1.33. The van der Waals surface area contributed by atoms with Crippen LogP contribution in [0, 0.1) is 5.82 Å². The molecule has 0 N–H and O–H groups in total. The highest BCUT2D eigenvalue weighted by molar-refractivity contribution is 7.89. The Morgan fingerprint density at radius 1 is 0.939 bits per heavy atom. The summed E-state index contributed by atoms with van der Waals surface area (Å²) in [6, 6.07) is 22.2. The smallest absolute Gasteiger partial charge is 0.260 e. The average Bonchev–Trinajstić information content (AvgIpc) is 3.28. The molecule has 3 aromatic carbocycles. The molecule has 33 heavy (non-hydrogen) atoms. The first-order valence-electron chi connectivity index (χ1n) is 10.1. The lowest BCUT2D eigenvalue weighted by molar-refractivity contribution is 0.0985. The van der Waals surface area contributed by atoms with E-state index in [0.717, 1.165) is 11.1 Å². The van der Waals surface area contributed by atoms with E-state index in [2.05, 4.69) is 4.98 Å². The van der Waals surface area contributed by atoms with Gasteiger partial charge in [-0.2, -0.15) is 0 Å². The number of hydrogen-bond acceptors (Lipinski definition) is 5. The molecule has 8 heteroatoms. The third-order valence-corrected chi connectivity index (χ3v) is 6.64. The third-order valence-electron chi connectivity index (χ3n) is 4.92. The summed E-state index contributed by atoms with van der Waals surface area (Å²) < 4.78 is 36.4. The predicted molar refractivity (Wildman–Crippen MR) is 129 cm³/mol. The van der Waals surface area contributed by atoms with Crippen molar-refractivity contribution in [1.29, 1.82) is 0 Å². The number of amides is 1. The van der Waals surface area contributed by atoms with E-state index in [1.54, 1.807) is 41.3 Å². The van der Waals surface area contributed by atoms with E-state index in [-0.39, 0.29) is 17.5 Å². The first-order chi connectivity index (χ1) is 15.8. The van der Waals surface area contributed by atoms with Crippen LogP contribution < -0.4 is 4.90 Å². The summed E-state index contributed by atoms with van der Waals surface area (Å²) in [4.78, 5) is 19.7. The quantitative estimate of drug-likeness (QED) is 0.358. The highest BCUT2D eigenvalue weighted by Crippen LogP contribution is 2.30. The third kappa shape index (κ3) is 5.91. The minimum absolute atomic E-state index is 0.0806. The maximum atomic E-state index is 13.5. The molecule has 0 saturated heterocycles. The van der Waals surface area contributed by atoms with Gasteiger partial charge in [-0.1, -0.05) is 42.5 Å². The van der Waals surface area contributed by atoms with Crippen LogP contribution in [-0.4, -0.2) is 25.6 Å². The number of carbonyl (C=O) groups is 1. The van der Waals surface area contributed by atoms with E-state index in [1.165, 1.54) is 29.7 Å². The fourth-order valence-corrected chi connectivity index (χ4v) is 4.97. The number of hydrogen-bond donors (Lipinski definition) is 0. The molecular formula is C25H21FN2O3S2. The van der Waals surface area contributed by atoms with E-state index in [4.69, 9.17) is 0 Å². The van der Waals surface area contributed by atoms with Crippen LogP contribution in [0.4, 0.5) is 9.52 Å². The maximum absolute atomic E-state index is 13.5. The molecule has 1 aromatic heterocycles. The Hall–Kier alpha value is -3.36. The van der Waals surface area contributed by atoms with Crippen LogP contribution in [0.3, 0.4) is 0 Å². The highest BCUT2D eigenvalue weighted by atomic mass is 32.2. The molecule has 0 aliphatic heterocycles. The second-order valence-corrected chi connectivity index (χ2v) is 10.6. The van der Waals surface area contributed by atoms with Gasteiger partial charge in [0.05, 0.1) is 18.0 Å². The van der Waals surface area contributed by atoms with Crippen molar-refractivity contribution in [3.05, 3.63) is 107 Å². The zero-order chi connectivity index (χ0) is 23.4. The largest absolute Gasteiger partial charge is 0.279 e. The number of halogens is 1. The van der Waals surface area contributed by atoms with Crippen molar-refractivity contribution in [2.75, 3.05) is 11.2 Å². The molecule has 0 unspecified atom stereocenters. The fourth-order valence-electron chi connectivity index (χ4n) is 3.34. The van der Waals surface area contributed by atoms with Crippen molar-refractivity contribution in [3.63, 3.8) is 0 Å². The minimum Gasteiger partial charge on any atom is -0.279 e. The number of carbonyl (C=O) groups excluding carboxylic acids is 1. The van der Waals surface area contributed by atoms with Gasteiger partial charge in [-0.15, -0.1) is 11.3 Å². The van der Waals surface area contributed by atoms with Crippen LogP contribution in [-0.2, 0) is 22.1 Å². The van der Waals surface area contributed by atoms with Crippen molar-refractivity contribution >= 4 is 32.2 Å². The standard InChI is InChI=1S/C25H21FN2O3S2/c1-33(30,31)17-19-7-9-21(10-8-19)24(29)28(15-18-5-3-2-4-6-18)25-27-23(16-32-25)20-11-13-22(26)14-12-20/h2-14,16H,15,17H2,1H3. The molecule has 168 valence electrons. The fraction of sp³-hybridized carbons (Fsp3) is 0.120. The lowest BCUT2D eigenvalue weighted by atomic mass is 10.1. The molecule has 0 saturated carbocycles. The number of aromatic nitrogens is 1. The van der Waals surface area contributed by atoms with E-state index in [1.807, 2.05) is 35.7 Å². The van der Waals surface area contributed by atoms with E-state index in [0.29, 0.717) is 28.5 Å². The summed E-state index contributed by atoms with van der Waals surface area (Å²) in [5.41, 5.74) is 3.41. The molecule has 0 bridgehead atoms. The van der Waals surface area contributed by atoms with Crippen molar-refractivity contribution in [2.24, 2.45) is 0 Å². The van der Waals surface area contributed by atoms with Crippen LogP contribution in [0.25, 0.3) is 11.3 Å². The molecule has 4 rings (SSSR count). The topological polar surface area (TPSA) is 67.3 Å². The monoisotopic (exact) mass is 480 g/mol. The summed E-state index contributed by atoms with van der Waals surface area (Å²) in [5, 5.41) is 2.35. The van der Waals surface area contributed by atoms with E-state index in [9.17, 15) is 17.6 Å². The van der Waals surface area contributed by atoms with E-state index >= 15 is 0 Å². The Labute approximate surface area is 196 Å². The highest BCUT2D eigenvalue weighted by Gasteiger charge is 2.22. The molecule has 0 fully saturated rings. The van der Waals surface area contributed by atoms with Gasteiger partial charge in [-0.3, -0.25) is 9.69 Å². The molecule has 0 atom stereocenters. The number of benzene rings is 3. The Balaban J connectivity index is 1.65.